The number of carboxylic acid groups (broad SMARTS) is 1. The highest BCUT2D eigenvalue weighted by Crippen LogP contribution is 2.54. The number of carboxylic acids is 1. The smallest absolute Gasteiger partial charge is 0.372 e. The van der Waals surface area contributed by atoms with Crippen LogP contribution >= 0.6 is 0 Å². The Morgan fingerprint density at radius 2 is 2.12 bits per heavy atom. The van der Waals surface area contributed by atoms with Gasteiger partial charge in [-0.05, 0) is 37.5 Å². The van der Waals surface area contributed by atoms with E-state index in [1.807, 2.05) is 23.7 Å². The molecule has 0 aromatic carbocycles. The van der Waals surface area contributed by atoms with Crippen LogP contribution in [0.15, 0.2) is 35.1 Å². The van der Waals surface area contributed by atoms with Gasteiger partial charge in [-0.3, -0.25) is 9.67 Å². The van der Waals surface area contributed by atoms with Gasteiger partial charge in [0.1, 0.15) is 5.76 Å². The van der Waals surface area contributed by atoms with Crippen molar-refractivity contribution in [3.8, 4) is 11.3 Å². The van der Waals surface area contributed by atoms with Crippen molar-refractivity contribution in [1.29, 1.82) is 0 Å². The van der Waals surface area contributed by atoms with E-state index in [9.17, 15) is 9.90 Å². The number of hydrogen-bond acceptors (Lipinski definition) is 4. The molecule has 0 unspecified atom stereocenters. The van der Waals surface area contributed by atoms with E-state index >= 15 is 0 Å². The summed E-state index contributed by atoms with van der Waals surface area (Å²) in [7, 11) is 0. The maximum absolute atomic E-state index is 11.5. The summed E-state index contributed by atoms with van der Waals surface area (Å²) in [6.07, 6.45) is 9.86. The lowest BCUT2D eigenvalue weighted by Crippen LogP contribution is -2.38. The van der Waals surface area contributed by atoms with Crippen LogP contribution in [0.4, 0.5) is 0 Å². The molecule has 6 heteroatoms. The minimum Gasteiger partial charge on any atom is -0.475 e. The van der Waals surface area contributed by atoms with Crippen LogP contribution in [0.2, 0.25) is 0 Å². The summed E-state index contributed by atoms with van der Waals surface area (Å²) in [5, 5.41) is 14.3. The van der Waals surface area contributed by atoms with Gasteiger partial charge in [0.05, 0.1) is 12.2 Å². The molecule has 6 nitrogen and oxygen atoms in total. The van der Waals surface area contributed by atoms with E-state index in [2.05, 4.69) is 11.2 Å². The number of carbonyl (C=O) groups is 1. The standard InChI is InChI=1S/C20H19N3O3/c1-12-16-15(26-18(12)19(24)25)9-20(5-2-6-20)14-11-23(22-17(14)16)10-13-3-7-21-8-4-13/h3-4,7-8,11H,2,5-6,9-10H2,1H3,(H,24,25). The average Bonchev–Trinajstić information content (AvgIpc) is 3.14. The fraction of sp³-hybridized carbons (Fsp3) is 0.350. The molecule has 3 heterocycles. The summed E-state index contributed by atoms with van der Waals surface area (Å²) < 4.78 is 7.72. The molecule has 0 radical (unpaired) electrons. The van der Waals surface area contributed by atoms with Crippen LogP contribution in [-0.4, -0.2) is 25.8 Å². The highest BCUT2D eigenvalue weighted by molar-refractivity contribution is 5.90. The van der Waals surface area contributed by atoms with Gasteiger partial charge in [-0.2, -0.15) is 5.10 Å². The molecule has 26 heavy (non-hydrogen) atoms. The van der Waals surface area contributed by atoms with Crippen LogP contribution in [0.1, 0.15) is 52.3 Å². The van der Waals surface area contributed by atoms with Gasteiger partial charge in [0.15, 0.2) is 0 Å². The third-order valence-electron chi connectivity index (χ3n) is 5.89. The number of fused-ring (bicyclic) bond motifs is 4. The Morgan fingerprint density at radius 3 is 2.77 bits per heavy atom. The predicted octanol–water partition coefficient (Wildman–Crippen LogP) is 3.57. The molecule has 1 spiro atoms. The molecular weight excluding hydrogens is 330 g/mol. The SMILES string of the molecule is Cc1c(C(=O)O)oc2c1-c1nn(Cc3ccncc3)cc1C1(CCC1)C2. The highest BCUT2D eigenvalue weighted by atomic mass is 16.4. The number of hydrogen-bond donors (Lipinski definition) is 1. The summed E-state index contributed by atoms with van der Waals surface area (Å²) >= 11 is 0. The summed E-state index contributed by atoms with van der Waals surface area (Å²) in [6.45, 7) is 2.49. The van der Waals surface area contributed by atoms with Crippen molar-refractivity contribution >= 4 is 5.97 Å². The van der Waals surface area contributed by atoms with Crippen molar-refractivity contribution in [1.82, 2.24) is 14.8 Å². The van der Waals surface area contributed by atoms with Crippen LogP contribution in [0.5, 0.6) is 0 Å². The Labute approximate surface area is 150 Å². The second kappa shape index (κ2) is 5.30. The van der Waals surface area contributed by atoms with Crippen LogP contribution in [0.3, 0.4) is 0 Å². The summed E-state index contributed by atoms with van der Waals surface area (Å²) in [4.78, 5) is 15.6. The molecule has 0 aliphatic heterocycles. The quantitative estimate of drug-likeness (QED) is 0.782. The van der Waals surface area contributed by atoms with Crippen LogP contribution in [0, 0.1) is 6.92 Å². The van der Waals surface area contributed by atoms with Crippen molar-refractivity contribution in [2.75, 3.05) is 0 Å². The first-order valence-electron chi connectivity index (χ1n) is 8.90. The lowest BCUT2D eigenvalue weighted by atomic mass is 9.59. The molecule has 1 saturated carbocycles. The molecule has 2 aliphatic carbocycles. The predicted molar refractivity (Wildman–Crippen MR) is 94.2 cm³/mol. The number of aromatic nitrogens is 3. The van der Waals surface area contributed by atoms with E-state index in [0.29, 0.717) is 12.1 Å². The molecule has 1 fully saturated rings. The van der Waals surface area contributed by atoms with Crippen molar-refractivity contribution in [3.05, 3.63) is 58.9 Å². The van der Waals surface area contributed by atoms with Crippen LogP contribution in [-0.2, 0) is 18.4 Å². The minimum atomic E-state index is -1.02. The Hall–Kier alpha value is -2.89. The van der Waals surface area contributed by atoms with Crippen molar-refractivity contribution in [3.63, 3.8) is 0 Å². The number of rotatable bonds is 3. The molecule has 1 N–H and O–H groups in total. The van der Waals surface area contributed by atoms with E-state index in [1.54, 1.807) is 12.4 Å². The number of nitrogens with zero attached hydrogens (tertiary/aromatic N) is 3. The van der Waals surface area contributed by atoms with Gasteiger partial charge in [-0.15, -0.1) is 0 Å². The highest BCUT2D eigenvalue weighted by Gasteiger charge is 2.47. The third-order valence-corrected chi connectivity index (χ3v) is 5.89. The summed E-state index contributed by atoms with van der Waals surface area (Å²) in [6, 6.07) is 3.97. The van der Waals surface area contributed by atoms with Gasteiger partial charge in [-0.25, -0.2) is 4.79 Å². The van der Waals surface area contributed by atoms with E-state index in [1.165, 1.54) is 12.0 Å². The largest absolute Gasteiger partial charge is 0.475 e. The first-order chi connectivity index (χ1) is 12.6. The second-order valence-corrected chi connectivity index (χ2v) is 7.41. The van der Waals surface area contributed by atoms with Gasteiger partial charge >= 0.3 is 5.97 Å². The Morgan fingerprint density at radius 1 is 1.35 bits per heavy atom. The summed E-state index contributed by atoms with van der Waals surface area (Å²) in [5.41, 5.74) is 4.89. The van der Waals surface area contributed by atoms with E-state index in [4.69, 9.17) is 9.52 Å². The second-order valence-electron chi connectivity index (χ2n) is 7.41. The molecule has 0 atom stereocenters. The number of aromatic carboxylic acids is 1. The first kappa shape index (κ1) is 15.4. The average molecular weight is 349 g/mol. The van der Waals surface area contributed by atoms with Gasteiger partial charge in [0, 0.05) is 47.1 Å². The van der Waals surface area contributed by atoms with Crippen molar-refractivity contribution in [2.45, 2.75) is 44.6 Å². The molecule has 5 rings (SSSR count). The van der Waals surface area contributed by atoms with Gasteiger partial charge in [0.25, 0.3) is 0 Å². The monoisotopic (exact) mass is 349 g/mol. The normalized spacial score (nSPS) is 16.8. The lowest BCUT2D eigenvalue weighted by molar-refractivity contribution is 0.0657. The fourth-order valence-electron chi connectivity index (χ4n) is 4.41. The van der Waals surface area contributed by atoms with Gasteiger partial charge in [-0.1, -0.05) is 6.42 Å². The zero-order chi connectivity index (χ0) is 17.9. The Bertz CT molecular complexity index is 1010. The van der Waals surface area contributed by atoms with E-state index < -0.39 is 5.97 Å². The first-order valence-corrected chi connectivity index (χ1v) is 8.90. The Balaban J connectivity index is 1.64. The molecule has 0 bridgehead atoms. The Kier molecular flexibility index (Phi) is 3.13. The number of pyridine rings is 1. The molecule has 0 amide bonds. The molecular formula is C20H19N3O3. The maximum Gasteiger partial charge on any atom is 0.372 e. The fourth-order valence-corrected chi connectivity index (χ4v) is 4.41. The molecule has 2 aliphatic rings. The topological polar surface area (TPSA) is 81.1 Å². The van der Waals surface area contributed by atoms with Crippen molar-refractivity contribution in [2.24, 2.45) is 0 Å². The zero-order valence-electron chi connectivity index (χ0n) is 14.5. The van der Waals surface area contributed by atoms with Crippen molar-refractivity contribution < 1.29 is 14.3 Å². The van der Waals surface area contributed by atoms with E-state index in [0.717, 1.165) is 41.8 Å². The third kappa shape index (κ3) is 2.08. The molecule has 3 aromatic heterocycles. The summed E-state index contributed by atoms with van der Waals surface area (Å²) in [5.74, 6) is -0.195. The minimum absolute atomic E-state index is 0.0426. The molecule has 132 valence electrons. The van der Waals surface area contributed by atoms with Crippen LogP contribution < -0.4 is 0 Å². The van der Waals surface area contributed by atoms with Gasteiger partial charge < -0.3 is 9.52 Å². The molecule has 3 aromatic rings. The maximum atomic E-state index is 11.5. The van der Waals surface area contributed by atoms with Crippen LogP contribution in [0.25, 0.3) is 11.3 Å². The lowest BCUT2D eigenvalue weighted by Gasteiger charge is -2.43. The van der Waals surface area contributed by atoms with E-state index in [-0.39, 0.29) is 11.2 Å². The zero-order valence-corrected chi connectivity index (χ0v) is 14.5. The van der Waals surface area contributed by atoms with Gasteiger partial charge in [0.2, 0.25) is 5.76 Å². The molecule has 0 saturated heterocycles. The number of furan rings is 1.